The largest absolute Gasteiger partial charge is 0.297 e. The zero-order valence-electron chi connectivity index (χ0n) is 10.7. The summed E-state index contributed by atoms with van der Waals surface area (Å²) in [6.45, 7) is 7.51. The van der Waals surface area contributed by atoms with Crippen LogP contribution in [0.1, 0.15) is 29.1 Å². The Bertz CT molecular complexity index is 411. The average Bonchev–Trinajstić information content (AvgIpc) is 2.74. The zero-order chi connectivity index (χ0) is 13.1. The Morgan fingerprint density at radius 1 is 1.50 bits per heavy atom. The van der Waals surface area contributed by atoms with Gasteiger partial charge in [-0.25, -0.2) is 5.84 Å². The fourth-order valence-electron chi connectivity index (χ4n) is 2.38. The van der Waals surface area contributed by atoms with Crippen LogP contribution in [0, 0.1) is 0 Å². The Morgan fingerprint density at radius 3 is 2.78 bits per heavy atom. The standard InChI is InChI=1S/C12H19N3OS2/c1-8-5-15(6-9(2)18-8)7-10-3-4-17-11(10)12(16)14-13/h3-4,8-9H,5-7,13H2,1-2H3,(H,14,16). The molecule has 1 aromatic rings. The normalized spacial score (nSPS) is 25.1. The van der Waals surface area contributed by atoms with Crippen LogP contribution in [0.3, 0.4) is 0 Å². The lowest BCUT2D eigenvalue weighted by Crippen LogP contribution is -2.40. The molecule has 6 heteroatoms. The van der Waals surface area contributed by atoms with Crippen LogP contribution in [0.15, 0.2) is 11.4 Å². The first-order valence-corrected chi connectivity index (χ1v) is 7.87. The van der Waals surface area contributed by atoms with Gasteiger partial charge in [0.05, 0.1) is 4.88 Å². The number of hydrogen-bond acceptors (Lipinski definition) is 5. The van der Waals surface area contributed by atoms with Crippen molar-refractivity contribution in [3.8, 4) is 0 Å². The Balaban J connectivity index is 2.05. The summed E-state index contributed by atoms with van der Waals surface area (Å²) in [5.41, 5.74) is 3.29. The third-order valence-electron chi connectivity index (χ3n) is 2.97. The van der Waals surface area contributed by atoms with Crippen LogP contribution < -0.4 is 11.3 Å². The van der Waals surface area contributed by atoms with Crippen molar-refractivity contribution in [1.82, 2.24) is 10.3 Å². The SMILES string of the molecule is CC1CN(Cc2ccsc2C(=O)NN)CC(C)S1. The lowest BCUT2D eigenvalue weighted by molar-refractivity contribution is 0.0956. The minimum atomic E-state index is -0.188. The van der Waals surface area contributed by atoms with E-state index in [4.69, 9.17) is 5.84 Å². The molecule has 1 saturated heterocycles. The summed E-state index contributed by atoms with van der Waals surface area (Å²) in [5.74, 6) is 5.01. The lowest BCUT2D eigenvalue weighted by atomic mass is 10.2. The number of nitrogens with zero attached hydrogens (tertiary/aromatic N) is 1. The molecule has 1 aliphatic heterocycles. The number of hydrazine groups is 1. The van der Waals surface area contributed by atoms with Gasteiger partial charge in [-0.1, -0.05) is 13.8 Å². The minimum Gasteiger partial charge on any atom is -0.297 e. The molecule has 1 fully saturated rings. The Hall–Kier alpha value is -0.560. The monoisotopic (exact) mass is 285 g/mol. The van der Waals surface area contributed by atoms with Crippen molar-refractivity contribution in [2.75, 3.05) is 13.1 Å². The number of rotatable bonds is 3. The zero-order valence-corrected chi connectivity index (χ0v) is 12.3. The molecule has 3 N–H and O–H groups in total. The molecule has 100 valence electrons. The third-order valence-corrected chi connectivity index (χ3v) is 5.16. The highest BCUT2D eigenvalue weighted by Crippen LogP contribution is 2.27. The fraction of sp³-hybridized carbons (Fsp3) is 0.583. The van der Waals surface area contributed by atoms with Gasteiger partial charge in [0.1, 0.15) is 0 Å². The number of carbonyl (C=O) groups excluding carboxylic acids is 1. The maximum Gasteiger partial charge on any atom is 0.275 e. The Kier molecular flexibility index (Phi) is 4.66. The molecule has 1 amide bonds. The van der Waals surface area contributed by atoms with E-state index in [0.29, 0.717) is 10.5 Å². The maximum atomic E-state index is 11.6. The molecule has 0 radical (unpaired) electrons. The van der Waals surface area contributed by atoms with Gasteiger partial charge in [-0.15, -0.1) is 11.3 Å². The van der Waals surface area contributed by atoms with E-state index < -0.39 is 0 Å². The number of amides is 1. The molecule has 2 heterocycles. The smallest absolute Gasteiger partial charge is 0.275 e. The van der Waals surface area contributed by atoms with E-state index in [2.05, 4.69) is 24.2 Å². The molecule has 0 aliphatic carbocycles. The van der Waals surface area contributed by atoms with E-state index in [1.54, 1.807) is 0 Å². The molecule has 1 aliphatic rings. The topological polar surface area (TPSA) is 58.4 Å². The van der Waals surface area contributed by atoms with Crippen molar-refractivity contribution < 1.29 is 4.79 Å². The molecule has 1 aromatic heterocycles. The second-order valence-electron chi connectivity index (χ2n) is 4.70. The minimum absolute atomic E-state index is 0.188. The van der Waals surface area contributed by atoms with Crippen LogP contribution in [0.25, 0.3) is 0 Å². The number of nitrogen functional groups attached to an aromatic ring is 1. The fourth-order valence-corrected chi connectivity index (χ4v) is 4.58. The first-order chi connectivity index (χ1) is 8.60. The van der Waals surface area contributed by atoms with Gasteiger partial charge in [0.2, 0.25) is 0 Å². The van der Waals surface area contributed by atoms with Gasteiger partial charge in [0, 0.05) is 30.1 Å². The number of thioether (sulfide) groups is 1. The predicted octanol–water partition coefficient (Wildman–Crippen LogP) is 1.68. The molecule has 2 rings (SSSR count). The van der Waals surface area contributed by atoms with Crippen molar-refractivity contribution in [3.63, 3.8) is 0 Å². The van der Waals surface area contributed by atoms with Crippen molar-refractivity contribution in [2.24, 2.45) is 5.84 Å². The van der Waals surface area contributed by atoms with Crippen LogP contribution >= 0.6 is 23.1 Å². The molecule has 2 unspecified atom stereocenters. The van der Waals surface area contributed by atoms with Gasteiger partial charge in [-0.05, 0) is 17.0 Å². The molecule has 4 nitrogen and oxygen atoms in total. The van der Waals surface area contributed by atoms with E-state index in [1.165, 1.54) is 11.3 Å². The third kappa shape index (κ3) is 3.26. The van der Waals surface area contributed by atoms with E-state index in [1.807, 2.05) is 23.2 Å². The van der Waals surface area contributed by atoms with Gasteiger partial charge in [-0.2, -0.15) is 11.8 Å². The maximum absolute atomic E-state index is 11.6. The second-order valence-corrected chi connectivity index (χ2v) is 7.50. The van der Waals surface area contributed by atoms with Crippen LogP contribution in [0.5, 0.6) is 0 Å². The van der Waals surface area contributed by atoms with Crippen molar-refractivity contribution >= 4 is 29.0 Å². The van der Waals surface area contributed by atoms with Gasteiger partial charge in [-0.3, -0.25) is 15.1 Å². The number of hydrogen-bond donors (Lipinski definition) is 2. The van der Waals surface area contributed by atoms with Crippen molar-refractivity contribution in [2.45, 2.75) is 30.9 Å². The van der Waals surface area contributed by atoms with Gasteiger partial charge in [0.15, 0.2) is 0 Å². The summed E-state index contributed by atoms with van der Waals surface area (Å²) >= 11 is 3.48. The number of thiophene rings is 1. The average molecular weight is 285 g/mol. The lowest BCUT2D eigenvalue weighted by Gasteiger charge is -2.34. The molecule has 18 heavy (non-hydrogen) atoms. The second kappa shape index (κ2) is 6.06. The summed E-state index contributed by atoms with van der Waals surface area (Å²) in [5, 5.41) is 3.25. The van der Waals surface area contributed by atoms with Gasteiger partial charge in [0.25, 0.3) is 5.91 Å². The highest BCUT2D eigenvalue weighted by atomic mass is 32.2. The molecule has 2 atom stereocenters. The van der Waals surface area contributed by atoms with Crippen molar-refractivity contribution in [1.29, 1.82) is 0 Å². The highest BCUT2D eigenvalue weighted by molar-refractivity contribution is 8.00. The highest BCUT2D eigenvalue weighted by Gasteiger charge is 2.23. The van der Waals surface area contributed by atoms with E-state index in [9.17, 15) is 4.79 Å². The number of nitrogens with two attached hydrogens (primary N) is 1. The molecule has 0 spiro atoms. The molecular weight excluding hydrogens is 266 g/mol. The summed E-state index contributed by atoms with van der Waals surface area (Å²) < 4.78 is 0. The van der Waals surface area contributed by atoms with Crippen LogP contribution in [-0.4, -0.2) is 34.4 Å². The van der Waals surface area contributed by atoms with E-state index in [0.717, 1.165) is 30.1 Å². The number of nitrogens with one attached hydrogen (secondary N) is 1. The summed E-state index contributed by atoms with van der Waals surface area (Å²) in [6.07, 6.45) is 0. The summed E-state index contributed by atoms with van der Waals surface area (Å²) in [7, 11) is 0. The molecule has 0 aromatic carbocycles. The first-order valence-electron chi connectivity index (χ1n) is 6.05. The molecular formula is C12H19N3OS2. The quantitative estimate of drug-likeness (QED) is 0.504. The van der Waals surface area contributed by atoms with Crippen LogP contribution in [0.4, 0.5) is 0 Å². The summed E-state index contributed by atoms with van der Waals surface area (Å²) in [4.78, 5) is 14.8. The molecule has 0 bridgehead atoms. The first kappa shape index (κ1) is 13.9. The van der Waals surface area contributed by atoms with Crippen molar-refractivity contribution in [3.05, 3.63) is 21.9 Å². The predicted molar refractivity (Wildman–Crippen MR) is 77.8 cm³/mol. The Morgan fingerprint density at radius 2 is 2.17 bits per heavy atom. The number of carbonyl (C=O) groups is 1. The van der Waals surface area contributed by atoms with E-state index >= 15 is 0 Å². The van der Waals surface area contributed by atoms with Gasteiger partial charge >= 0.3 is 0 Å². The van der Waals surface area contributed by atoms with Crippen LogP contribution in [-0.2, 0) is 6.54 Å². The van der Waals surface area contributed by atoms with E-state index in [-0.39, 0.29) is 5.91 Å². The summed E-state index contributed by atoms with van der Waals surface area (Å²) in [6, 6.07) is 2.02. The van der Waals surface area contributed by atoms with Gasteiger partial charge < -0.3 is 0 Å². The van der Waals surface area contributed by atoms with Crippen LogP contribution in [0.2, 0.25) is 0 Å². The Labute approximate surface area is 116 Å². The molecule has 0 saturated carbocycles.